The van der Waals surface area contributed by atoms with Crippen molar-refractivity contribution in [2.45, 2.75) is 12.8 Å². The molecule has 4 rings (SSSR count). The fourth-order valence-electron chi connectivity index (χ4n) is 3.17. The van der Waals surface area contributed by atoms with Gasteiger partial charge in [0, 0.05) is 24.1 Å². The Balaban J connectivity index is 1.32. The zero-order valence-corrected chi connectivity index (χ0v) is 17.4. The maximum atomic E-state index is 12.2. The molecule has 7 heteroatoms. The third-order valence-corrected chi connectivity index (χ3v) is 4.87. The second kappa shape index (κ2) is 9.70. The van der Waals surface area contributed by atoms with Gasteiger partial charge in [-0.05, 0) is 35.4 Å². The summed E-state index contributed by atoms with van der Waals surface area (Å²) in [5.41, 5.74) is 4.09. The number of carbonyl (C=O) groups excluding carboxylic acids is 2. The van der Waals surface area contributed by atoms with Crippen LogP contribution in [-0.2, 0) is 16.0 Å². The van der Waals surface area contributed by atoms with Crippen LogP contribution in [0.1, 0.15) is 22.7 Å². The van der Waals surface area contributed by atoms with E-state index in [4.69, 9.17) is 4.52 Å². The van der Waals surface area contributed by atoms with Crippen LogP contribution in [-0.4, -0.2) is 29.1 Å². The minimum atomic E-state index is -0.426. The number of aryl methyl sites for hydroxylation is 1. The van der Waals surface area contributed by atoms with Gasteiger partial charge in [-0.25, -0.2) is 4.79 Å². The molecule has 0 aliphatic rings. The second-order valence-corrected chi connectivity index (χ2v) is 7.07. The number of carbonyl (C=O) groups is 2. The summed E-state index contributed by atoms with van der Waals surface area (Å²) >= 11 is 0. The molecular formula is C25H21N3O4. The minimum absolute atomic E-state index is 0.188. The van der Waals surface area contributed by atoms with E-state index in [1.54, 1.807) is 24.3 Å². The summed E-state index contributed by atoms with van der Waals surface area (Å²) < 4.78 is 9.95. The fourth-order valence-corrected chi connectivity index (χ4v) is 3.17. The lowest BCUT2D eigenvalue weighted by Gasteiger charge is -2.05. The summed E-state index contributed by atoms with van der Waals surface area (Å²) in [7, 11) is 1.32. The van der Waals surface area contributed by atoms with E-state index in [0.717, 1.165) is 16.7 Å². The fraction of sp³-hybridized carbons (Fsp3) is 0.120. The second-order valence-electron chi connectivity index (χ2n) is 7.07. The number of rotatable bonds is 7. The summed E-state index contributed by atoms with van der Waals surface area (Å²) in [4.78, 5) is 28.1. The van der Waals surface area contributed by atoms with Crippen molar-refractivity contribution in [2.24, 2.45) is 0 Å². The molecule has 4 aromatic rings. The van der Waals surface area contributed by atoms with Crippen LogP contribution in [0.5, 0.6) is 0 Å². The van der Waals surface area contributed by atoms with E-state index in [2.05, 4.69) is 32.3 Å². The predicted molar refractivity (Wildman–Crippen MR) is 120 cm³/mol. The van der Waals surface area contributed by atoms with Crippen LogP contribution >= 0.6 is 0 Å². The molecule has 0 atom stereocenters. The van der Waals surface area contributed by atoms with Crippen LogP contribution in [0.25, 0.3) is 22.5 Å². The van der Waals surface area contributed by atoms with E-state index in [1.165, 1.54) is 7.11 Å². The molecule has 3 aromatic carbocycles. The highest BCUT2D eigenvalue weighted by Gasteiger charge is 2.12. The third kappa shape index (κ3) is 5.07. The maximum Gasteiger partial charge on any atom is 0.337 e. The normalized spacial score (nSPS) is 10.5. The van der Waals surface area contributed by atoms with Gasteiger partial charge in [0.25, 0.3) is 0 Å². The molecule has 160 valence electrons. The van der Waals surface area contributed by atoms with Gasteiger partial charge >= 0.3 is 5.97 Å². The Kier molecular flexibility index (Phi) is 6.36. The molecule has 0 fully saturated rings. The van der Waals surface area contributed by atoms with Gasteiger partial charge < -0.3 is 14.6 Å². The SMILES string of the molecule is COC(=O)c1ccc(NC(=O)CCc2nc(-c3ccc(-c4ccccc4)cc3)no2)cc1. The van der Waals surface area contributed by atoms with Crippen molar-refractivity contribution < 1.29 is 18.8 Å². The van der Waals surface area contributed by atoms with Gasteiger partial charge in [-0.15, -0.1) is 0 Å². The Morgan fingerprint density at radius 3 is 2.22 bits per heavy atom. The lowest BCUT2D eigenvalue weighted by atomic mass is 10.0. The van der Waals surface area contributed by atoms with Crippen molar-refractivity contribution in [3.63, 3.8) is 0 Å². The number of hydrogen-bond donors (Lipinski definition) is 1. The molecule has 0 bridgehead atoms. The highest BCUT2D eigenvalue weighted by molar-refractivity contribution is 5.93. The Bertz CT molecular complexity index is 1200. The lowest BCUT2D eigenvalue weighted by Crippen LogP contribution is -2.12. The number of nitrogens with zero attached hydrogens (tertiary/aromatic N) is 2. The van der Waals surface area contributed by atoms with Crippen LogP contribution in [0.15, 0.2) is 83.4 Å². The first-order valence-electron chi connectivity index (χ1n) is 10.1. The number of esters is 1. The van der Waals surface area contributed by atoms with E-state index >= 15 is 0 Å². The molecule has 32 heavy (non-hydrogen) atoms. The highest BCUT2D eigenvalue weighted by Crippen LogP contribution is 2.23. The molecule has 0 unspecified atom stereocenters. The molecule has 0 saturated heterocycles. The van der Waals surface area contributed by atoms with Gasteiger partial charge in [0.15, 0.2) is 0 Å². The first-order valence-corrected chi connectivity index (χ1v) is 10.1. The van der Waals surface area contributed by atoms with Crippen molar-refractivity contribution in [2.75, 3.05) is 12.4 Å². The first kappa shape index (κ1) is 21.0. The molecule has 1 heterocycles. The Morgan fingerprint density at radius 1 is 0.875 bits per heavy atom. The number of ether oxygens (including phenoxy) is 1. The molecule has 1 aromatic heterocycles. The van der Waals surface area contributed by atoms with Crippen molar-refractivity contribution in [3.8, 4) is 22.5 Å². The number of nitrogens with one attached hydrogen (secondary N) is 1. The largest absolute Gasteiger partial charge is 0.465 e. The summed E-state index contributed by atoms with van der Waals surface area (Å²) in [5.74, 6) is 0.259. The smallest absolute Gasteiger partial charge is 0.337 e. The predicted octanol–water partition coefficient (Wildman–Crippen LogP) is 4.76. The molecule has 7 nitrogen and oxygen atoms in total. The van der Waals surface area contributed by atoms with Gasteiger partial charge in [-0.2, -0.15) is 4.98 Å². The topological polar surface area (TPSA) is 94.3 Å². The number of benzene rings is 3. The highest BCUT2D eigenvalue weighted by atomic mass is 16.5. The van der Waals surface area contributed by atoms with Crippen molar-refractivity contribution >= 4 is 17.6 Å². The maximum absolute atomic E-state index is 12.2. The van der Waals surface area contributed by atoms with Gasteiger partial charge in [0.2, 0.25) is 17.6 Å². The number of hydrogen-bond acceptors (Lipinski definition) is 6. The molecule has 0 radical (unpaired) electrons. The van der Waals surface area contributed by atoms with Crippen LogP contribution < -0.4 is 5.32 Å². The number of aromatic nitrogens is 2. The molecule has 1 N–H and O–H groups in total. The summed E-state index contributed by atoms with van der Waals surface area (Å²) in [6.07, 6.45) is 0.508. The Hall–Kier alpha value is -4.26. The van der Waals surface area contributed by atoms with Crippen molar-refractivity contribution in [3.05, 3.63) is 90.3 Å². The van der Waals surface area contributed by atoms with E-state index < -0.39 is 5.97 Å². The number of amides is 1. The van der Waals surface area contributed by atoms with Crippen molar-refractivity contribution in [1.82, 2.24) is 10.1 Å². The first-order chi connectivity index (χ1) is 15.6. The van der Waals surface area contributed by atoms with Gasteiger partial charge in [-0.1, -0.05) is 59.8 Å². The quantitative estimate of drug-likeness (QED) is 0.427. The van der Waals surface area contributed by atoms with Gasteiger partial charge in [0.1, 0.15) is 0 Å². The number of anilines is 1. The standard InChI is InChI=1S/C25H21N3O4/c1-31-25(30)20-11-13-21(14-12-20)26-22(29)15-16-23-27-24(28-32-23)19-9-7-18(8-10-19)17-5-3-2-4-6-17/h2-14H,15-16H2,1H3,(H,26,29). The van der Waals surface area contributed by atoms with Crippen molar-refractivity contribution in [1.29, 1.82) is 0 Å². The third-order valence-electron chi connectivity index (χ3n) is 4.87. The van der Waals surface area contributed by atoms with E-state index in [9.17, 15) is 9.59 Å². The van der Waals surface area contributed by atoms with E-state index in [0.29, 0.717) is 29.4 Å². The zero-order chi connectivity index (χ0) is 22.3. The van der Waals surface area contributed by atoms with Crippen LogP contribution in [0.4, 0.5) is 5.69 Å². The molecule has 0 aliphatic heterocycles. The van der Waals surface area contributed by atoms with Gasteiger partial charge in [-0.3, -0.25) is 4.79 Å². The molecule has 0 aliphatic carbocycles. The Labute approximate surface area is 185 Å². The van der Waals surface area contributed by atoms with E-state index in [1.807, 2.05) is 42.5 Å². The lowest BCUT2D eigenvalue weighted by molar-refractivity contribution is -0.116. The average Bonchev–Trinajstić information content (AvgIpc) is 3.32. The van der Waals surface area contributed by atoms with Crippen LogP contribution in [0.3, 0.4) is 0 Å². The molecule has 1 amide bonds. The minimum Gasteiger partial charge on any atom is -0.465 e. The average molecular weight is 427 g/mol. The molecule has 0 spiro atoms. The van der Waals surface area contributed by atoms with Gasteiger partial charge in [0.05, 0.1) is 12.7 Å². The Morgan fingerprint density at radius 2 is 1.53 bits per heavy atom. The summed E-state index contributed by atoms with van der Waals surface area (Å²) in [5, 5.41) is 6.80. The number of methoxy groups -OCH3 is 1. The molecular weight excluding hydrogens is 406 g/mol. The summed E-state index contributed by atoms with van der Waals surface area (Å²) in [6.45, 7) is 0. The van der Waals surface area contributed by atoms with E-state index in [-0.39, 0.29) is 12.3 Å². The summed E-state index contributed by atoms with van der Waals surface area (Å²) in [6, 6.07) is 24.5. The molecule has 0 saturated carbocycles. The monoisotopic (exact) mass is 427 g/mol. The van der Waals surface area contributed by atoms with Crippen LogP contribution in [0.2, 0.25) is 0 Å². The van der Waals surface area contributed by atoms with Crippen LogP contribution in [0, 0.1) is 0 Å². The zero-order valence-electron chi connectivity index (χ0n) is 17.4.